The van der Waals surface area contributed by atoms with Gasteiger partial charge in [-0.05, 0) is 61.4 Å². The molecule has 1 saturated heterocycles. The highest BCUT2D eigenvalue weighted by molar-refractivity contribution is 5.53. The summed E-state index contributed by atoms with van der Waals surface area (Å²) >= 11 is 0. The Labute approximate surface area is 160 Å². The lowest BCUT2D eigenvalue weighted by Gasteiger charge is -2.34. The number of nitrogen functional groups attached to an aromatic ring is 1. The fraction of sp³-hybridized carbons (Fsp3) is 0.429. The van der Waals surface area contributed by atoms with Crippen LogP contribution in [0.4, 0.5) is 11.4 Å². The summed E-state index contributed by atoms with van der Waals surface area (Å²) in [6.07, 6.45) is 1.56. The smallest absolute Gasteiger partial charge is 0.119 e. The van der Waals surface area contributed by atoms with Crippen LogP contribution in [0.1, 0.15) is 12.8 Å². The van der Waals surface area contributed by atoms with E-state index in [2.05, 4.69) is 22.3 Å². The molecule has 0 amide bonds. The number of methoxy groups -OCH3 is 1. The maximum Gasteiger partial charge on any atom is 0.119 e. The number of rotatable bonds is 8. The van der Waals surface area contributed by atoms with Gasteiger partial charge in [0.1, 0.15) is 24.2 Å². The molecule has 1 atom stereocenters. The van der Waals surface area contributed by atoms with Crippen molar-refractivity contribution in [3.05, 3.63) is 48.5 Å². The number of nitrogens with one attached hydrogen (secondary N) is 1. The first-order valence-corrected chi connectivity index (χ1v) is 9.43. The van der Waals surface area contributed by atoms with Gasteiger partial charge in [-0.3, -0.25) is 0 Å². The number of anilines is 2. The Hall–Kier alpha value is -2.44. The molecular weight excluding hydrogens is 342 g/mol. The standard InChI is InChI=1S/C21H29N3O3/c1-26-20-6-8-21(9-7-20)27-15-19(25)14-23-17-10-12-24(13-11-17)18-4-2-16(22)3-5-18/h2-9,17,19,23,25H,10-15,22H2,1H3. The average Bonchev–Trinajstić information content (AvgIpc) is 2.72. The summed E-state index contributed by atoms with van der Waals surface area (Å²) in [5.74, 6) is 1.52. The van der Waals surface area contributed by atoms with Crippen LogP contribution >= 0.6 is 0 Å². The molecule has 1 fully saturated rings. The number of hydrogen-bond donors (Lipinski definition) is 3. The van der Waals surface area contributed by atoms with Gasteiger partial charge in [0.2, 0.25) is 0 Å². The molecule has 2 aromatic carbocycles. The molecule has 0 aromatic heterocycles. The highest BCUT2D eigenvalue weighted by atomic mass is 16.5. The number of ether oxygens (including phenoxy) is 2. The second-order valence-corrected chi connectivity index (χ2v) is 6.90. The van der Waals surface area contributed by atoms with Crippen molar-refractivity contribution in [3.8, 4) is 11.5 Å². The number of nitrogens with zero attached hydrogens (tertiary/aromatic N) is 1. The second kappa shape index (κ2) is 9.48. The van der Waals surface area contributed by atoms with Gasteiger partial charge in [0.15, 0.2) is 0 Å². The molecule has 1 unspecified atom stereocenters. The van der Waals surface area contributed by atoms with E-state index < -0.39 is 6.10 Å². The number of aliphatic hydroxyl groups is 1. The van der Waals surface area contributed by atoms with Crippen LogP contribution in [0.5, 0.6) is 11.5 Å². The Morgan fingerprint density at radius 3 is 2.33 bits per heavy atom. The fourth-order valence-electron chi connectivity index (χ4n) is 3.25. The van der Waals surface area contributed by atoms with Crippen molar-refractivity contribution in [1.82, 2.24) is 5.32 Å². The summed E-state index contributed by atoms with van der Waals surface area (Å²) in [6, 6.07) is 15.8. The lowest BCUT2D eigenvalue weighted by molar-refractivity contribution is 0.102. The molecule has 146 valence electrons. The normalized spacial score (nSPS) is 16.1. The van der Waals surface area contributed by atoms with E-state index in [-0.39, 0.29) is 6.61 Å². The Balaban J connectivity index is 1.34. The highest BCUT2D eigenvalue weighted by Gasteiger charge is 2.20. The minimum Gasteiger partial charge on any atom is -0.497 e. The summed E-state index contributed by atoms with van der Waals surface area (Å²) in [4.78, 5) is 2.38. The lowest BCUT2D eigenvalue weighted by Crippen LogP contribution is -2.45. The van der Waals surface area contributed by atoms with E-state index in [0.717, 1.165) is 43.1 Å². The molecular formula is C21H29N3O3. The van der Waals surface area contributed by atoms with Crippen LogP contribution in [-0.4, -0.2) is 50.6 Å². The molecule has 2 aromatic rings. The third kappa shape index (κ3) is 5.77. The first-order valence-electron chi connectivity index (χ1n) is 9.43. The topological polar surface area (TPSA) is 80.0 Å². The molecule has 3 rings (SSSR count). The predicted octanol–water partition coefficient (Wildman–Crippen LogP) is 2.28. The zero-order valence-corrected chi connectivity index (χ0v) is 15.8. The molecule has 0 aliphatic carbocycles. The number of hydrogen-bond acceptors (Lipinski definition) is 6. The molecule has 4 N–H and O–H groups in total. The van der Waals surface area contributed by atoms with Gasteiger partial charge in [-0.15, -0.1) is 0 Å². The molecule has 6 nitrogen and oxygen atoms in total. The molecule has 1 aliphatic rings. The Morgan fingerprint density at radius 2 is 1.70 bits per heavy atom. The van der Waals surface area contributed by atoms with Crippen LogP contribution in [0.25, 0.3) is 0 Å². The van der Waals surface area contributed by atoms with Crippen LogP contribution in [0.15, 0.2) is 48.5 Å². The van der Waals surface area contributed by atoms with Crippen molar-refractivity contribution in [2.75, 3.05) is 44.0 Å². The van der Waals surface area contributed by atoms with Crippen molar-refractivity contribution in [3.63, 3.8) is 0 Å². The van der Waals surface area contributed by atoms with Gasteiger partial charge in [-0.1, -0.05) is 0 Å². The van der Waals surface area contributed by atoms with Crippen LogP contribution in [0.3, 0.4) is 0 Å². The third-order valence-corrected chi connectivity index (χ3v) is 4.90. The molecule has 0 radical (unpaired) electrons. The fourth-order valence-corrected chi connectivity index (χ4v) is 3.25. The zero-order chi connectivity index (χ0) is 19.1. The highest BCUT2D eigenvalue weighted by Crippen LogP contribution is 2.21. The van der Waals surface area contributed by atoms with Gasteiger partial charge in [0.25, 0.3) is 0 Å². The van der Waals surface area contributed by atoms with Crippen molar-refractivity contribution < 1.29 is 14.6 Å². The number of aliphatic hydroxyl groups excluding tert-OH is 1. The Bertz CT molecular complexity index is 683. The van der Waals surface area contributed by atoms with E-state index >= 15 is 0 Å². The Morgan fingerprint density at radius 1 is 1.07 bits per heavy atom. The van der Waals surface area contributed by atoms with E-state index in [1.54, 1.807) is 7.11 Å². The quantitative estimate of drug-likeness (QED) is 0.618. The van der Waals surface area contributed by atoms with Gasteiger partial charge >= 0.3 is 0 Å². The summed E-state index contributed by atoms with van der Waals surface area (Å²) < 4.78 is 10.7. The van der Waals surface area contributed by atoms with Gasteiger partial charge in [-0.25, -0.2) is 0 Å². The number of benzene rings is 2. The zero-order valence-electron chi connectivity index (χ0n) is 15.8. The average molecular weight is 371 g/mol. The summed E-state index contributed by atoms with van der Waals surface area (Å²) in [6.45, 7) is 2.80. The van der Waals surface area contributed by atoms with Gasteiger partial charge in [0, 0.05) is 37.1 Å². The number of nitrogens with two attached hydrogens (primary N) is 1. The summed E-state index contributed by atoms with van der Waals surface area (Å²) in [5.41, 5.74) is 7.76. The van der Waals surface area contributed by atoms with Crippen molar-refractivity contribution in [1.29, 1.82) is 0 Å². The SMILES string of the molecule is COc1ccc(OCC(O)CNC2CCN(c3ccc(N)cc3)CC2)cc1. The number of piperidine rings is 1. The third-order valence-electron chi connectivity index (χ3n) is 4.90. The van der Waals surface area contributed by atoms with E-state index in [9.17, 15) is 5.11 Å². The molecule has 1 aliphatic heterocycles. The van der Waals surface area contributed by atoms with E-state index in [4.69, 9.17) is 15.2 Å². The molecule has 0 spiro atoms. The molecule has 6 heteroatoms. The van der Waals surface area contributed by atoms with Gasteiger partial charge < -0.3 is 30.5 Å². The van der Waals surface area contributed by atoms with Gasteiger partial charge in [0.05, 0.1) is 7.11 Å². The molecule has 0 saturated carbocycles. The second-order valence-electron chi connectivity index (χ2n) is 6.90. The monoisotopic (exact) mass is 371 g/mol. The van der Waals surface area contributed by atoms with Gasteiger partial charge in [-0.2, -0.15) is 0 Å². The largest absolute Gasteiger partial charge is 0.497 e. The molecule has 27 heavy (non-hydrogen) atoms. The summed E-state index contributed by atoms with van der Waals surface area (Å²) in [5, 5.41) is 13.6. The maximum absolute atomic E-state index is 10.2. The first-order chi connectivity index (χ1) is 13.1. The Kier molecular flexibility index (Phi) is 6.79. The predicted molar refractivity (Wildman–Crippen MR) is 109 cm³/mol. The van der Waals surface area contributed by atoms with E-state index in [1.807, 2.05) is 36.4 Å². The van der Waals surface area contributed by atoms with E-state index in [1.165, 1.54) is 5.69 Å². The maximum atomic E-state index is 10.2. The van der Waals surface area contributed by atoms with Crippen LogP contribution < -0.4 is 25.4 Å². The van der Waals surface area contributed by atoms with Crippen molar-refractivity contribution in [2.45, 2.75) is 25.0 Å². The van der Waals surface area contributed by atoms with Crippen LogP contribution in [0, 0.1) is 0 Å². The minimum atomic E-state index is -0.540. The van der Waals surface area contributed by atoms with Crippen LogP contribution in [-0.2, 0) is 0 Å². The summed E-state index contributed by atoms with van der Waals surface area (Å²) in [7, 11) is 1.63. The minimum absolute atomic E-state index is 0.267. The van der Waals surface area contributed by atoms with Crippen molar-refractivity contribution in [2.24, 2.45) is 0 Å². The molecule has 0 bridgehead atoms. The van der Waals surface area contributed by atoms with Crippen LogP contribution in [0.2, 0.25) is 0 Å². The van der Waals surface area contributed by atoms with Crippen molar-refractivity contribution >= 4 is 11.4 Å². The first kappa shape index (κ1) is 19.3. The molecule has 1 heterocycles. The lowest BCUT2D eigenvalue weighted by atomic mass is 10.0. The van der Waals surface area contributed by atoms with E-state index in [0.29, 0.717) is 12.6 Å².